The van der Waals surface area contributed by atoms with Crippen molar-refractivity contribution in [1.82, 2.24) is 15.3 Å². The molecule has 0 aromatic heterocycles. The molecular weight excluding hydrogens is 402 g/mol. The zero-order chi connectivity index (χ0) is 21.3. The summed E-state index contributed by atoms with van der Waals surface area (Å²) in [6, 6.07) is 5.15. The molecule has 0 bridgehead atoms. The minimum Gasteiger partial charge on any atom is -0.493 e. The molecule has 1 aromatic rings. The van der Waals surface area contributed by atoms with E-state index in [9.17, 15) is 4.79 Å². The standard InChI is InChI=1S/C22H31N3O4S/c1-27-16-29-19-10-9-18(15-20(19)28-2)21(26)24-13-6-14-25(24)22(30)23-12-11-17-7-4-3-5-8-17/h7,9-10,15H,3-6,8,11-14,16H2,1-2H3,(H,23,30). The van der Waals surface area contributed by atoms with E-state index in [0.717, 1.165) is 25.9 Å². The molecule has 8 heteroatoms. The first kappa shape index (κ1) is 22.4. The summed E-state index contributed by atoms with van der Waals surface area (Å²) >= 11 is 5.59. The molecule has 0 radical (unpaired) electrons. The van der Waals surface area contributed by atoms with Gasteiger partial charge in [-0.15, -0.1) is 0 Å². The van der Waals surface area contributed by atoms with Gasteiger partial charge in [-0.05, 0) is 68.9 Å². The Balaban J connectivity index is 1.60. The van der Waals surface area contributed by atoms with E-state index in [1.807, 2.05) is 5.01 Å². The van der Waals surface area contributed by atoms with Crippen molar-refractivity contribution in [2.45, 2.75) is 38.5 Å². The lowest BCUT2D eigenvalue weighted by molar-refractivity contribution is 0.0481. The molecule has 0 unspecified atom stereocenters. The van der Waals surface area contributed by atoms with Gasteiger partial charge in [0.15, 0.2) is 23.4 Å². The summed E-state index contributed by atoms with van der Waals surface area (Å²) in [6.07, 6.45) is 9.19. The third-order valence-electron chi connectivity index (χ3n) is 5.35. The maximum absolute atomic E-state index is 13.1. The molecule has 1 aliphatic carbocycles. The van der Waals surface area contributed by atoms with Gasteiger partial charge in [0.1, 0.15) is 0 Å². The second kappa shape index (κ2) is 11.2. The van der Waals surface area contributed by atoms with Gasteiger partial charge in [0.25, 0.3) is 5.91 Å². The summed E-state index contributed by atoms with van der Waals surface area (Å²) in [5, 5.41) is 7.51. The van der Waals surface area contributed by atoms with Crippen molar-refractivity contribution in [3.05, 3.63) is 35.4 Å². The summed E-state index contributed by atoms with van der Waals surface area (Å²) in [5.74, 6) is 0.914. The number of ether oxygens (including phenoxy) is 3. The number of carbonyl (C=O) groups is 1. The number of nitrogens with one attached hydrogen (secondary N) is 1. The maximum Gasteiger partial charge on any atom is 0.272 e. The van der Waals surface area contributed by atoms with Gasteiger partial charge in [0, 0.05) is 32.3 Å². The number of allylic oxidation sites excluding steroid dienone is 1. The smallest absolute Gasteiger partial charge is 0.272 e. The van der Waals surface area contributed by atoms with Crippen molar-refractivity contribution in [3.8, 4) is 11.5 Å². The third-order valence-corrected chi connectivity index (χ3v) is 5.71. The average Bonchev–Trinajstić information content (AvgIpc) is 3.28. The van der Waals surface area contributed by atoms with Crippen LogP contribution in [-0.4, -0.2) is 61.7 Å². The number of hydrazine groups is 1. The second-order valence-corrected chi connectivity index (χ2v) is 7.80. The third kappa shape index (κ3) is 5.64. The zero-order valence-electron chi connectivity index (χ0n) is 17.8. The van der Waals surface area contributed by atoms with Crippen LogP contribution in [0, 0.1) is 0 Å². The lowest BCUT2D eigenvalue weighted by Gasteiger charge is -2.30. The Morgan fingerprint density at radius 2 is 1.97 bits per heavy atom. The fourth-order valence-electron chi connectivity index (χ4n) is 3.78. The lowest BCUT2D eigenvalue weighted by atomic mass is 9.97. The Morgan fingerprint density at radius 1 is 1.13 bits per heavy atom. The summed E-state index contributed by atoms with van der Waals surface area (Å²) in [4.78, 5) is 13.1. The van der Waals surface area contributed by atoms with Crippen molar-refractivity contribution in [3.63, 3.8) is 0 Å². The molecule has 0 atom stereocenters. The Morgan fingerprint density at radius 3 is 2.70 bits per heavy atom. The van der Waals surface area contributed by atoms with Gasteiger partial charge in [-0.1, -0.05) is 11.6 Å². The molecule has 1 aromatic carbocycles. The van der Waals surface area contributed by atoms with E-state index in [2.05, 4.69) is 11.4 Å². The number of rotatable bonds is 8. The van der Waals surface area contributed by atoms with Gasteiger partial charge < -0.3 is 19.5 Å². The first-order chi connectivity index (χ1) is 14.6. The topological polar surface area (TPSA) is 63.3 Å². The van der Waals surface area contributed by atoms with Crippen molar-refractivity contribution in [2.75, 3.05) is 40.6 Å². The van der Waals surface area contributed by atoms with E-state index in [-0.39, 0.29) is 12.7 Å². The molecule has 1 aliphatic heterocycles. The number of carbonyl (C=O) groups excluding carboxylic acids is 1. The molecule has 3 rings (SSSR count). The fraction of sp³-hybridized carbons (Fsp3) is 0.545. The SMILES string of the molecule is COCOc1ccc(C(=O)N2CCCN2C(=S)NCCC2=CCCCC2)cc1OC. The van der Waals surface area contributed by atoms with E-state index in [1.165, 1.54) is 31.3 Å². The highest BCUT2D eigenvalue weighted by atomic mass is 32.1. The van der Waals surface area contributed by atoms with Gasteiger partial charge in [0.05, 0.1) is 7.11 Å². The molecule has 1 amide bonds. The van der Waals surface area contributed by atoms with Crippen molar-refractivity contribution in [1.29, 1.82) is 0 Å². The zero-order valence-corrected chi connectivity index (χ0v) is 18.6. The first-order valence-corrected chi connectivity index (χ1v) is 10.9. The number of nitrogens with zero attached hydrogens (tertiary/aromatic N) is 2. The first-order valence-electron chi connectivity index (χ1n) is 10.5. The van der Waals surface area contributed by atoms with Gasteiger partial charge in [-0.3, -0.25) is 9.80 Å². The molecule has 1 saturated heterocycles. The highest BCUT2D eigenvalue weighted by Crippen LogP contribution is 2.29. The molecule has 0 spiro atoms. The molecule has 0 saturated carbocycles. The molecule has 2 aliphatic rings. The van der Waals surface area contributed by atoms with Gasteiger partial charge in [0.2, 0.25) is 0 Å². The number of thiocarbonyl (C=S) groups is 1. The summed E-state index contributed by atoms with van der Waals surface area (Å²) < 4.78 is 15.8. The van der Waals surface area contributed by atoms with Crippen LogP contribution in [0.2, 0.25) is 0 Å². The maximum atomic E-state index is 13.1. The molecule has 1 fully saturated rings. The summed E-state index contributed by atoms with van der Waals surface area (Å²) in [7, 11) is 3.10. The van der Waals surface area contributed by atoms with E-state index >= 15 is 0 Å². The molecular formula is C22H31N3O4S. The van der Waals surface area contributed by atoms with Gasteiger partial charge in [-0.2, -0.15) is 0 Å². The Labute approximate surface area is 183 Å². The lowest BCUT2D eigenvalue weighted by Crippen LogP contribution is -2.49. The Bertz CT molecular complexity index is 784. The molecule has 1 heterocycles. The van der Waals surface area contributed by atoms with E-state index in [1.54, 1.807) is 37.4 Å². The van der Waals surface area contributed by atoms with Crippen molar-refractivity contribution in [2.24, 2.45) is 0 Å². The number of methoxy groups -OCH3 is 2. The number of amides is 1. The minimum atomic E-state index is -0.108. The van der Waals surface area contributed by atoms with Crippen LogP contribution >= 0.6 is 12.2 Å². The minimum absolute atomic E-state index is 0.108. The van der Waals surface area contributed by atoms with E-state index in [0.29, 0.717) is 28.7 Å². The predicted molar refractivity (Wildman–Crippen MR) is 120 cm³/mol. The normalized spacial score (nSPS) is 16.3. The highest BCUT2D eigenvalue weighted by molar-refractivity contribution is 7.80. The fourth-order valence-corrected chi connectivity index (χ4v) is 4.07. The second-order valence-electron chi connectivity index (χ2n) is 7.41. The Kier molecular flexibility index (Phi) is 8.33. The van der Waals surface area contributed by atoms with Crippen molar-refractivity contribution >= 4 is 23.2 Å². The van der Waals surface area contributed by atoms with Crippen LogP contribution in [-0.2, 0) is 4.74 Å². The average molecular weight is 434 g/mol. The van der Waals surface area contributed by atoms with Crippen LogP contribution in [0.3, 0.4) is 0 Å². The molecule has 1 N–H and O–H groups in total. The largest absolute Gasteiger partial charge is 0.493 e. The highest BCUT2D eigenvalue weighted by Gasteiger charge is 2.30. The molecule has 164 valence electrons. The van der Waals surface area contributed by atoms with Crippen LogP contribution < -0.4 is 14.8 Å². The van der Waals surface area contributed by atoms with Crippen molar-refractivity contribution < 1.29 is 19.0 Å². The Hall–Kier alpha value is -2.32. The number of benzene rings is 1. The summed E-state index contributed by atoms with van der Waals surface area (Å²) in [5.41, 5.74) is 2.03. The molecule has 7 nitrogen and oxygen atoms in total. The van der Waals surface area contributed by atoms with Crippen LogP contribution in [0.4, 0.5) is 0 Å². The van der Waals surface area contributed by atoms with E-state index < -0.39 is 0 Å². The van der Waals surface area contributed by atoms with Crippen LogP contribution in [0.15, 0.2) is 29.8 Å². The van der Waals surface area contributed by atoms with Gasteiger partial charge in [-0.25, -0.2) is 5.01 Å². The number of hydrogen-bond acceptors (Lipinski definition) is 5. The van der Waals surface area contributed by atoms with Crippen LogP contribution in [0.1, 0.15) is 48.9 Å². The predicted octanol–water partition coefficient (Wildman–Crippen LogP) is 3.51. The number of hydrogen-bond donors (Lipinski definition) is 1. The van der Waals surface area contributed by atoms with Gasteiger partial charge >= 0.3 is 0 Å². The summed E-state index contributed by atoms with van der Waals surface area (Å²) in [6.45, 7) is 2.27. The quantitative estimate of drug-likeness (QED) is 0.382. The van der Waals surface area contributed by atoms with Crippen LogP contribution in [0.5, 0.6) is 11.5 Å². The van der Waals surface area contributed by atoms with Crippen LogP contribution in [0.25, 0.3) is 0 Å². The monoisotopic (exact) mass is 433 g/mol. The van der Waals surface area contributed by atoms with E-state index in [4.69, 9.17) is 26.4 Å². The molecule has 30 heavy (non-hydrogen) atoms.